The maximum atomic E-state index is 13.6. The van der Waals surface area contributed by atoms with Crippen molar-refractivity contribution >= 4 is 17.3 Å². The van der Waals surface area contributed by atoms with Crippen molar-refractivity contribution in [2.24, 2.45) is 0 Å². The minimum Gasteiger partial charge on any atom is -0.418 e. The lowest BCUT2D eigenvalue weighted by Gasteiger charge is -2.19. The van der Waals surface area contributed by atoms with Crippen molar-refractivity contribution in [2.45, 2.75) is 25.8 Å². The van der Waals surface area contributed by atoms with E-state index in [2.05, 4.69) is 41.5 Å². The van der Waals surface area contributed by atoms with Crippen LogP contribution in [0.5, 0.6) is 0 Å². The van der Waals surface area contributed by atoms with Gasteiger partial charge in [-0.25, -0.2) is 4.39 Å². The highest BCUT2D eigenvalue weighted by Crippen LogP contribution is 2.33. The van der Waals surface area contributed by atoms with Crippen LogP contribution in [0, 0.1) is 5.82 Å². The first-order valence-electron chi connectivity index (χ1n) is 9.71. The van der Waals surface area contributed by atoms with Gasteiger partial charge in [-0.3, -0.25) is 0 Å². The highest BCUT2D eigenvalue weighted by molar-refractivity contribution is 6.31. The molecular weight excluding hydrogens is 401 g/mol. The van der Waals surface area contributed by atoms with Gasteiger partial charge < -0.3 is 9.73 Å². The van der Waals surface area contributed by atoms with Crippen molar-refractivity contribution in [3.63, 3.8) is 0 Å². The molecule has 0 aliphatic rings. The number of hydrogen-bond donors (Lipinski definition) is 1. The van der Waals surface area contributed by atoms with Gasteiger partial charge in [0, 0.05) is 21.8 Å². The largest absolute Gasteiger partial charge is 0.418 e. The number of nitrogens with one attached hydrogen (secondary N) is 1. The van der Waals surface area contributed by atoms with Crippen molar-refractivity contribution < 1.29 is 8.81 Å². The number of hydrogen-bond acceptors (Lipinski definition) is 4. The molecule has 152 valence electrons. The standard InChI is InChI=1S/C24H21ClFN3O/c1-15(2)16-8-11-19(12-9-16)27-22(20-13-10-18(26)14-21(20)25)24-29-28-23(30-24)17-6-4-3-5-7-17/h3-15,22,27H,1-2H3. The Morgan fingerprint density at radius 3 is 2.33 bits per heavy atom. The van der Waals surface area contributed by atoms with E-state index < -0.39 is 11.9 Å². The van der Waals surface area contributed by atoms with E-state index in [1.807, 2.05) is 42.5 Å². The zero-order valence-corrected chi connectivity index (χ0v) is 17.4. The highest BCUT2D eigenvalue weighted by Gasteiger charge is 2.24. The molecule has 4 nitrogen and oxygen atoms in total. The summed E-state index contributed by atoms with van der Waals surface area (Å²) in [6.45, 7) is 4.29. The Kier molecular flexibility index (Phi) is 5.81. The third kappa shape index (κ3) is 4.36. The molecule has 1 aromatic heterocycles. The van der Waals surface area contributed by atoms with Gasteiger partial charge in [0.05, 0.1) is 0 Å². The van der Waals surface area contributed by atoms with Crippen LogP contribution in [0.2, 0.25) is 5.02 Å². The Hall–Kier alpha value is -3.18. The fourth-order valence-electron chi connectivity index (χ4n) is 3.19. The molecule has 0 saturated heterocycles. The molecule has 1 atom stereocenters. The van der Waals surface area contributed by atoms with Gasteiger partial charge in [0.1, 0.15) is 11.9 Å². The van der Waals surface area contributed by atoms with Gasteiger partial charge in [-0.1, -0.05) is 61.8 Å². The minimum atomic E-state index is -0.534. The van der Waals surface area contributed by atoms with Crippen molar-refractivity contribution in [2.75, 3.05) is 5.32 Å². The zero-order valence-electron chi connectivity index (χ0n) is 16.6. The molecule has 1 unspecified atom stereocenters. The van der Waals surface area contributed by atoms with Crippen LogP contribution in [-0.2, 0) is 0 Å². The lowest BCUT2D eigenvalue weighted by atomic mass is 10.0. The van der Waals surface area contributed by atoms with Gasteiger partial charge in [-0.05, 0) is 47.9 Å². The molecule has 1 heterocycles. The molecule has 0 saturated carbocycles. The summed E-state index contributed by atoms with van der Waals surface area (Å²) in [5, 5.41) is 12.1. The first-order chi connectivity index (χ1) is 14.5. The second-order valence-electron chi connectivity index (χ2n) is 7.33. The summed E-state index contributed by atoms with van der Waals surface area (Å²) in [4.78, 5) is 0. The van der Waals surface area contributed by atoms with E-state index in [-0.39, 0.29) is 5.02 Å². The quantitative estimate of drug-likeness (QED) is 0.369. The number of anilines is 1. The van der Waals surface area contributed by atoms with Crippen molar-refractivity contribution in [1.29, 1.82) is 0 Å². The molecule has 4 aromatic rings. The summed E-state index contributed by atoms with van der Waals surface area (Å²) in [5.74, 6) is 0.783. The summed E-state index contributed by atoms with van der Waals surface area (Å²) in [5.41, 5.74) is 3.57. The zero-order chi connectivity index (χ0) is 21.1. The fraction of sp³-hybridized carbons (Fsp3) is 0.167. The van der Waals surface area contributed by atoms with Crippen LogP contribution in [0.15, 0.2) is 77.2 Å². The smallest absolute Gasteiger partial charge is 0.247 e. The first kappa shape index (κ1) is 20.1. The Balaban J connectivity index is 1.71. The van der Waals surface area contributed by atoms with Gasteiger partial charge in [0.25, 0.3) is 0 Å². The van der Waals surface area contributed by atoms with Crippen molar-refractivity contribution in [1.82, 2.24) is 10.2 Å². The maximum absolute atomic E-state index is 13.6. The van der Waals surface area contributed by atoms with Crippen molar-refractivity contribution in [3.8, 4) is 11.5 Å². The predicted molar refractivity (Wildman–Crippen MR) is 117 cm³/mol. The van der Waals surface area contributed by atoms with Gasteiger partial charge in [-0.15, -0.1) is 10.2 Å². The van der Waals surface area contributed by atoms with E-state index in [0.717, 1.165) is 11.3 Å². The highest BCUT2D eigenvalue weighted by atomic mass is 35.5. The third-order valence-corrected chi connectivity index (χ3v) is 5.20. The fourth-order valence-corrected chi connectivity index (χ4v) is 3.46. The number of aromatic nitrogens is 2. The maximum Gasteiger partial charge on any atom is 0.247 e. The Morgan fingerprint density at radius 2 is 1.67 bits per heavy atom. The molecule has 30 heavy (non-hydrogen) atoms. The molecule has 0 amide bonds. The van der Waals surface area contributed by atoms with E-state index in [0.29, 0.717) is 23.3 Å². The summed E-state index contributed by atoms with van der Waals surface area (Å²) in [7, 11) is 0. The molecule has 6 heteroatoms. The third-order valence-electron chi connectivity index (χ3n) is 4.87. The van der Waals surface area contributed by atoms with Crippen LogP contribution in [0.4, 0.5) is 10.1 Å². The van der Waals surface area contributed by atoms with Crippen LogP contribution < -0.4 is 5.32 Å². The van der Waals surface area contributed by atoms with Crippen LogP contribution in [0.1, 0.15) is 42.8 Å². The first-order valence-corrected chi connectivity index (χ1v) is 10.1. The number of benzene rings is 3. The van der Waals surface area contributed by atoms with E-state index >= 15 is 0 Å². The molecule has 4 rings (SSSR count). The lowest BCUT2D eigenvalue weighted by molar-refractivity contribution is 0.494. The molecule has 0 radical (unpaired) electrons. The molecule has 0 bridgehead atoms. The lowest BCUT2D eigenvalue weighted by Crippen LogP contribution is -2.13. The molecule has 1 N–H and O–H groups in total. The SMILES string of the molecule is CC(C)c1ccc(NC(c2nnc(-c3ccccc3)o2)c2ccc(F)cc2Cl)cc1. The van der Waals surface area contributed by atoms with Crippen LogP contribution in [0.3, 0.4) is 0 Å². The second kappa shape index (κ2) is 8.67. The molecule has 0 fully saturated rings. The summed E-state index contributed by atoms with van der Waals surface area (Å²) < 4.78 is 19.6. The summed E-state index contributed by atoms with van der Waals surface area (Å²) in [6, 6.07) is 21.4. The Morgan fingerprint density at radius 1 is 0.933 bits per heavy atom. The van der Waals surface area contributed by atoms with Crippen LogP contribution >= 0.6 is 11.6 Å². The van der Waals surface area contributed by atoms with Gasteiger partial charge in [0.2, 0.25) is 11.8 Å². The predicted octanol–water partition coefficient (Wildman–Crippen LogP) is 6.85. The Bertz CT molecular complexity index is 1130. The van der Waals surface area contributed by atoms with Crippen molar-refractivity contribution in [3.05, 3.63) is 101 Å². The molecule has 0 aliphatic carbocycles. The van der Waals surface area contributed by atoms with Crippen LogP contribution in [0.25, 0.3) is 11.5 Å². The number of halogens is 2. The summed E-state index contributed by atoms with van der Waals surface area (Å²) >= 11 is 6.36. The normalized spacial score (nSPS) is 12.2. The number of nitrogens with zero attached hydrogens (tertiary/aromatic N) is 2. The molecule has 0 spiro atoms. The van der Waals surface area contributed by atoms with E-state index in [4.69, 9.17) is 16.0 Å². The van der Waals surface area contributed by atoms with Gasteiger partial charge >= 0.3 is 0 Å². The van der Waals surface area contributed by atoms with Gasteiger partial charge in [-0.2, -0.15) is 0 Å². The molecule has 0 aliphatic heterocycles. The van der Waals surface area contributed by atoms with E-state index in [1.54, 1.807) is 6.07 Å². The van der Waals surface area contributed by atoms with Gasteiger partial charge in [0.15, 0.2) is 0 Å². The average molecular weight is 422 g/mol. The minimum absolute atomic E-state index is 0.283. The molecular formula is C24H21ClFN3O. The monoisotopic (exact) mass is 421 g/mol. The average Bonchev–Trinajstić information content (AvgIpc) is 3.23. The number of rotatable bonds is 6. The summed E-state index contributed by atoms with van der Waals surface area (Å²) in [6.07, 6.45) is 0. The van der Waals surface area contributed by atoms with Crippen LogP contribution in [-0.4, -0.2) is 10.2 Å². The topological polar surface area (TPSA) is 51.0 Å². The van der Waals surface area contributed by atoms with E-state index in [9.17, 15) is 4.39 Å². The second-order valence-corrected chi connectivity index (χ2v) is 7.74. The molecule has 3 aromatic carbocycles. The Labute approximate surface area is 179 Å². The van der Waals surface area contributed by atoms with E-state index in [1.165, 1.54) is 17.7 Å².